The van der Waals surface area contributed by atoms with Crippen LogP contribution >= 0.6 is 0 Å². The van der Waals surface area contributed by atoms with Crippen molar-refractivity contribution in [2.75, 3.05) is 6.54 Å². The summed E-state index contributed by atoms with van der Waals surface area (Å²) in [5.41, 5.74) is 0. The molecule has 0 aliphatic rings. The fourth-order valence-electron chi connectivity index (χ4n) is 1.70. The lowest BCUT2D eigenvalue weighted by molar-refractivity contribution is 0.263. The highest BCUT2D eigenvalue weighted by atomic mass is 19.2. The minimum atomic E-state index is -0.925. The molecule has 0 aliphatic carbocycles. The summed E-state index contributed by atoms with van der Waals surface area (Å²) in [6, 6.07) is 7.11. The number of benzene rings is 1. The van der Waals surface area contributed by atoms with Crippen LogP contribution in [0.1, 0.15) is 24.9 Å². The fourth-order valence-corrected chi connectivity index (χ4v) is 1.70. The van der Waals surface area contributed by atoms with Gasteiger partial charge in [-0.05, 0) is 37.2 Å². The molecule has 0 bridgehead atoms. The second-order valence-electron chi connectivity index (χ2n) is 4.41. The first-order valence-electron chi connectivity index (χ1n) is 6.55. The molecule has 0 saturated heterocycles. The molecule has 1 aromatic carbocycles. The van der Waals surface area contributed by atoms with Crippen LogP contribution in [-0.2, 0) is 13.2 Å². The van der Waals surface area contributed by atoms with Crippen LogP contribution in [0.5, 0.6) is 5.75 Å². The summed E-state index contributed by atoms with van der Waals surface area (Å²) in [6.45, 7) is 3.87. The zero-order valence-corrected chi connectivity index (χ0v) is 11.3. The standard InChI is InChI=1S/C15H17F2NO2/c1-2-7-18-9-12-3-4-13(20-12)10-19-11-5-6-14(16)15(17)8-11/h3-6,8,18H,2,7,9-10H2,1H3. The molecule has 0 fully saturated rings. The summed E-state index contributed by atoms with van der Waals surface area (Å²) in [4.78, 5) is 0. The number of rotatable bonds is 7. The number of furan rings is 1. The van der Waals surface area contributed by atoms with Crippen LogP contribution in [0.3, 0.4) is 0 Å². The second-order valence-corrected chi connectivity index (χ2v) is 4.41. The molecule has 0 amide bonds. The molecule has 1 aromatic heterocycles. The molecule has 0 radical (unpaired) electrons. The molecule has 0 spiro atoms. The van der Waals surface area contributed by atoms with Crippen molar-refractivity contribution in [2.45, 2.75) is 26.5 Å². The maximum Gasteiger partial charge on any atom is 0.162 e. The van der Waals surface area contributed by atoms with E-state index in [1.54, 1.807) is 0 Å². The number of hydrogen-bond donors (Lipinski definition) is 1. The van der Waals surface area contributed by atoms with Crippen molar-refractivity contribution in [3.63, 3.8) is 0 Å². The molecular weight excluding hydrogens is 264 g/mol. The van der Waals surface area contributed by atoms with E-state index in [1.165, 1.54) is 6.07 Å². The van der Waals surface area contributed by atoms with Gasteiger partial charge in [-0.3, -0.25) is 0 Å². The minimum Gasteiger partial charge on any atom is -0.486 e. The third kappa shape index (κ3) is 4.06. The van der Waals surface area contributed by atoms with Gasteiger partial charge in [0, 0.05) is 6.07 Å². The van der Waals surface area contributed by atoms with Gasteiger partial charge in [0.1, 0.15) is 23.9 Å². The van der Waals surface area contributed by atoms with E-state index in [0.717, 1.165) is 30.9 Å². The SMILES string of the molecule is CCCNCc1ccc(COc2ccc(F)c(F)c2)o1. The van der Waals surface area contributed by atoms with Gasteiger partial charge >= 0.3 is 0 Å². The fraction of sp³-hybridized carbons (Fsp3) is 0.333. The van der Waals surface area contributed by atoms with Crippen LogP contribution in [0.2, 0.25) is 0 Å². The normalized spacial score (nSPS) is 10.8. The van der Waals surface area contributed by atoms with Crippen LogP contribution in [0.25, 0.3) is 0 Å². The Bertz CT molecular complexity index is 555. The molecule has 0 saturated carbocycles. The summed E-state index contributed by atoms with van der Waals surface area (Å²) in [5, 5.41) is 3.23. The first-order chi connectivity index (χ1) is 9.69. The lowest BCUT2D eigenvalue weighted by atomic mass is 10.3. The first kappa shape index (κ1) is 14.5. The topological polar surface area (TPSA) is 34.4 Å². The van der Waals surface area contributed by atoms with E-state index in [0.29, 0.717) is 12.3 Å². The lowest BCUT2D eigenvalue weighted by Gasteiger charge is -2.04. The molecule has 0 unspecified atom stereocenters. The molecule has 2 rings (SSSR count). The van der Waals surface area contributed by atoms with E-state index < -0.39 is 11.6 Å². The molecule has 5 heteroatoms. The second kappa shape index (κ2) is 7.05. The molecule has 0 aliphatic heterocycles. The quantitative estimate of drug-likeness (QED) is 0.787. The van der Waals surface area contributed by atoms with Crippen LogP contribution in [0.15, 0.2) is 34.7 Å². The van der Waals surface area contributed by atoms with Gasteiger partial charge in [-0.25, -0.2) is 8.78 Å². The third-order valence-electron chi connectivity index (χ3n) is 2.72. The molecule has 20 heavy (non-hydrogen) atoms. The highest BCUT2D eigenvalue weighted by Gasteiger charge is 2.06. The van der Waals surface area contributed by atoms with E-state index in [-0.39, 0.29) is 12.4 Å². The smallest absolute Gasteiger partial charge is 0.162 e. The Hall–Kier alpha value is -1.88. The zero-order chi connectivity index (χ0) is 14.4. The van der Waals surface area contributed by atoms with Crippen LogP contribution in [-0.4, -0.2) is 6.54 Å². The van der Waals surface area contributed by atoms with E-state index in [2.05, 4.69) is 12.2 Å². The molecule has 108 valence electrons. The van der Waals surface area contributed by atoms with Crippen LogP contribution in [0, 0.1) is 11.6 Å². The van der Waals surface area contributed by atoms with Crippen molar-refractivity contribution in [1.82, 2.24) is 5.32 Å². The lowest BCUT2D eigenvalue weighted by Crippen LogP contribution is -2.13. The Labute approximate surface area is 116 Å². The van der Waals surface area contributed by atoms with Gasteiger partial charge in [0.2, 0.25) is 0 Å². The summed E-state index contributed by atoms with van der Waals surface area (Å²) >= 11 is 0. The molecule has 3 nitrogen and oxygen atoms in total. The zero-order valence-electron chi connectivity index (χ0n) is 11.3. The Morgan fingerprint density at radius 3 is 2.65 bits per heavy atom. The molecule has 1 N–H and O–H groups in total. The van der Waals surface area contributed by atoms with E-state index in [9.17, 15) is 8.78 Å². The molecular formula is C15H17F2NO2. The Morgan fingerprint density at radius 1 is 1.10 bits per heavy atom. The Morgan fingerprint density at radius 2 is 1.90 bits per heavy atom. The summed E-state index contributed by atoms with van der Waals surface area (Å²) in [6.07, 6.45) is 1.06. The van der Waals surface area contributed by atoms with Gasteiger partial charge in [-0.15, -0.1) is 0 Å². The summed E-state index contributed by atoms with van der Waals surface area (Å²) < 4.78 is 36.6. The monoisotopic (exact) mass is 281 g/mol. The number of hydrogen-bond acceptors (Lipinski definition) is 3. The molecule has 1 heterocycles. The largest absolute Gasteiger partial charge is 0.486 e. The van der Waals surface area contributed by atoms with E-state index in [4.69, 9.17) is 9.15 Å². The van der Waals surface area contributed by atoms with E-state index in [1.807, 2.05) is 12.1 Å². The predicted molar refractivity (Wildman–Crippen MR) is 71.4 cm³/mol. The summed E-state index contributed by atoms with van der Waals surface area (Å²) in [5.74, 6) is -0.0811. The van der Waals surface area contributed by atoms with Crippen molar-refractivity contribution in [3.8, 4) is 5.75 Å². The number of nitrogens with one attached hydrogen (secondary N) is 1. The maximum atomic E-state index is 13.0. The third-order valence-corrected chi connectivity index (χ3v) is 2.72. The van der Waals surface area contributed by atoms with Gasteiger partial charge in [-0.1, -0.05) is 6.92 Å². The Kier molecular flexibility index (Phi) is 5.12. The predicted octanol–water partition coefficient (Wildman–Crippen LogP) is 3.64. The molecule has 2 aromatic rings. The average molecular weight is 281 g/mol. The minimum absolute atomic E-state index is 0.179. The van der Waals surface area contributed by atoms with Gasteiger partial charge in [0.25, 0.3) is 0 Å². The maximum absolute atomic E-state index is 13.0. The highest BCUT2D eigenvalue weighted by molar-refractivity contribution is 5.23. The van der Waals surface area contributed by atoms with Gasteiger partial charge in [0.15, 0.2) is 11.6 Å². The van der Waals surface area contributed by atoms with E-state index >= 15 is 0 Å². The average Bonchev–Trinajstić information content (AvgIpc) is 2.88. The van der Waals surface area contributed by atoms with Gasteiger partial charge in [0.05, 0.1) is 6.54 Å². The van der Waals surface area contributed by atoms with Crippen molar-refractivity contribution in [1.29, 1.82) is 0 Å². The van der Waals surface area contributed by atoms with Crippen molar-refractivity contribution < 1.29 is 17.9 Å². The highest BCUT2D eigenvalue weighted by Crippen LogP contribution is 2.17. The van der Waals surface area contributed by atoms with Crippen LogP contribution in [0.4, 0.5) is 8.78 Å². The van der Waals surface area contributed by atoms with Crippen molar-refractivity contribution >= 4 is 0 Å². The number of ether oxygens (including phenoxy) is 1. The van der Waals surface area contributed by atoms with Crippen LogP contribution < -0.4 is 10.1 Å². The first-order valence-corrected chi connectivity index (χ1v) is 6.55. The number of halogens is 2. The van der Waals surface area contributed by atoms with Gasteiger partial charge < -0.3 is 14.5 Å². The molecule has 0 atom stereocenters. The Balaban J connectivity index is 1.85. The van der Waals surface area contributed by atoms with Gasteiger partial charge in [-0.2, -0.15) is 0 Å². The van der Waals surface area contributed by atoms with Crippen molar-refractivity contribution in [3.05, 3.63) is 53.5 Å². The summed E-state index contributed by atoms with van der Waals surface area (Å²) in [7, 11) is 0. The van der Waals surface area contributed by atoms with Crippen molar-refractivity contribution in [2.24, 2.45) is 0 Å².